The third-order valence-electron chi connectivity index (χ3n) is 3.03. The van der Waals surface area contributed by atoms with Crippen LogP contribution < -0.4 is 11.1 Å². The summed E-state index contributed by atoms with van der Waals surface area (Å²) in [5.74, 6) is 0.902. The molecule has 0 saturated heterocycles. The van der Waals surface area contributed by atoms with E-state index in [4.69, 9.17) is 4.42 Å². The molecule has 20 heavy (non-hydrogen) atoms. The molecule has 0 saturated carbocycles. The standard InChI is InChI=1S/C14H14N4O2/c1-9-7-12(15-2)17-13(16-9)8-18-10-5-3-4-6-11(10)20-14(18)19/h3-7H,8H2,1-2H3,(H,15,16,17). The third-order valence-corrected chi connectivity index (χ3v) is 3.03. The van der Waals surface area contributed by atoms with Gasteiger partial charge in [0.15, 0.2) is 11.4 Å². The first kappa shape index (κ1) is 12.4. The minimum atomic E-state index is -0.401. The van der Waals surface area contributed by atoms with Gasteiger partial charge in [-0.15, -0.1) is 0 Å². The number of aromatic nitrogens is 3. The number of para-hydroxylation sites is 2. The molecule has 1 aromatic carbocycles. The minimum Gasteiger partial charge on any atom is -0.408 e. The Balaban J connectivity index is 2.07. The van der Waals surface area contributed by atoms with E-state index in [9.17, 15) is 4.79 Å². The van der Waals surface area contributed by atoms with Crippen LogP contribution >= 0.6 is 0 Å². The number of oxazole rings is 1. The molecule has 0 fully saturated rings. The summed E-state index contributed by atoms with van der Waals surface area (Å²) >= 11 is 0. The summed E-state index contributed by atoms with van der Waals surface area (Å²) in [6, 6.07) is 9.15. The molecule has 0 unspecified atom stereocenters. The van der Waals surface area contributed by atoms with Crippen LogP contribution in [-0.4, -0.2) is 21.6 Å². The maximum absolute atomic E-state index is 11.9. The molecular formula is C14H14N4O2. The first-order valence-corrected chi connectivity index (χ1v) is 6.28. The summed E-state index contributed by atoms with van der Waals surface area (Å²) in [5.41, 5.74) is 2.16. The van der Waals surface area contributed by atoms with Crippen molar-refractivity contribution in [3.05, 3.63) is 52.4 Å². The maximum atomic E-state index is 11.9. The van der Waals surface area contributed by atoms with E-state index < -0.39 is 5.76 Å². The first-order chi connectivity index (χ1) is 9.67. The van der Waals surface area contributed by atoms with Gasteiger partial charge < -0.3 is 9.73 Å². The van der Waals surface area contributed by atoms with E-state index in [1.54, 1.807) is 13.1 Å². The number of hydrogen-bond donors (Lipinski definition) is 1. The largest absolute Gasteiger partial charge is 0.420 e. The summed E-state index contributed by atoms with van der Waals surface area (Å²) in [7, 11) is 1.80. The lowest BCUT2D eigenvalue weighted by Gasteiger charge is -2.05. The van der Waals surface area contributed by atoms with E-state index >= 15 is 0 Å². The lowest BCUT2D eigenvalue weighted by Crippen LogP contribution is -2.17. The van der Waals surface area contributed by atoms with Crippen LogP contribution in [0, 0.1) is 6.92 Å². The highest BCUT2D eigenvalue weighted by Crippen LogP contribution is 2.13. The quantitative estimate of drug-likeness (QED) is 0.785. The van der Waals surface area contributed by atoms with Gasteiger partial charge in [0.05, 0.1) is 12.1 Å². The zero-order valence-electron chi connectivity index (χ0n) is 11.3. The molecule has 0 radical (unpaired) electrons. The number of rotatable bonds is 3. The van der Waals surface area contributed by atoms with Crippen LogP contribution in [0.5, 0.6) is 0 Å². The monoisotopic (exact) mass is 270 g/mol. The van der Waals surface area contributed by atoms with Gasteiger partial charge in [-0.05, 0) is 19.1 Å². The Morgan fingerprint density at radius 2 is 2.10 bits per heavy atom. The Bertz CT molecular complexity index is 819. The number of benzene rings is 1. The average molecular weight is 270 g/mol. The van der Waals surface area contributed by atoms with Crippen molar-refractivity contribution in [2.75, 3.05) is 12.4 Å². The number of nitrogens with zero attached hydrogens (tertiary/aromatic N) is 3. The van der Waals surface area contributed by atoms with E-state index in [1.165, 1.54) is 4.57 Å². The molecule has 3 rings (SSSR count). The summed E-state index contributed by atoms with van der Waals surface area (Å²) in [6.45, 7) is 2.18. The number of nitrogens with one attached hydrogen (secondary N) is 1. The van der Waals surface area contributed by atoms with Crippen molar-refractivity contribution in [3.8, 4) is 0 Å². The van der Waals surface area contributed by atoms with Crippen molar-refractivity contribution in [3.63, 3.8) is 0 Å². The van der Waals surface area contributed by atoms with Crippen molar-refractivity contribution in [1.82, 2.24) is 14.5 Å². The molecule has 102 valence electrons. The molecule has 0 amide bonds. The normalized spacial score (nSPS) is 10.9. The molecule has 0 atom stereocenters. The third kappa shape index (κ3) is 2.16. The maximum Gasteiger partial charge on any atom is 0.420 e. The van der Waals surface area contributed by atoms with Crippen molar-refractivity contribution in [1.29, 1.82) is 0 Å². The van der Waals surface area contributed by atoms with Gasteiger partial charge in [-0.25, -0.2) is 14.8 Å². The second-order valence-corrected chi connectivity index (χ2v) is 4.48. The predicted molar refractivity (Wildman–Crippen MR) is 75.9 cm³/mol. The molecule has 1 N–H and O–H groups in total. The Labute approximate surface area is 115 Å². The Morgan fingerprint density at radius 3 is 2.90 bits per heavy atom. The van der Waals surface area contributed by atoms with E-state index in [-0.39, 0.29) is 6.54 Å². The van der Waals surface area contributed by atoms with Crippen LogP contribution in [-0.2, 0) is 6.54 Å². The Hall–Kier alpha value is -2.63. The molecule has 0 aliphatic carbocycles. The highest BCUT2D eigenvalue weighted by atomic mass is 16.4. The predicted octanol–water partition coefficient (Wildman–Crippen LogP) is 1.78. The van der Waals surface area contributed by atoms with Crippen LogP contribution in [0.2, 0.25) is 0 Å². The number of hydrogen-bond acceptors (Lipinski definition) is 5. The van der Waals surface area contributed by atoms with Gasteiger partial charge in [0.2, 0.25) is 0 Å². The highest BCUT2D eigenvalue weighted by molar-refractivity contribution is 5.72. The molecule has 6 heteroatoms. The molecule has 0 aliphatic rings. The summed E-state index contributed by atoms with van der Waals surface area (Å²) in [4.78, 5) is 20.6. The van der Waals surface area contributed by atoms with Gasteiger partial charge in [0.1, 0.15) is 5.82 Å². The van der Waals surface area contributed by atoms with Crippen LogP contribution in [0.4, 0.5) is 5.82 Å². The molecule has 2 aromatic heterocycles. The average Bonchev–Trinajstić information content (AvgIpc) is 2.75. The van der Waals surface area contributed by atoms with Gasteiger partial charge >= 0.3 is 5.76 Å². The van der Waals surface area contributed by atoms with Gasteiger partial charge in [-0.3, -0.25) is 4.57 Å². The van der Waals surface area contributed by atoms with Crippen molar-refractivity contribution >= 4 is 16.9 Å². The number of aryl methyl sites for hydroxylation is 1. The van der Waals surface area contributed by atoms with E-state index in [0.717, 1.165) is 17.0 Å². The van der Waals surface area contributed by atoms with Gasteiger partial charge in [0.25, 0.3) is 0 Å². The fraction of sp³-hybridized carbons (Fsp3) is 0.214. The smallest absolute Gasteiger partial charge is 0.408 e. The van der Waals surface area contributed by atoms with Gasteiger partial charge in [-0.2, -0.15) is 0 Å². The van der Waals surface area contributed by atoms with E-state index in [1.807, 2.05) is 31.2 Å². The van der Waals surface area contributed by atoms with E-state index in [2.05, 4.69) is 15.3 Å². The second kappa shape index (κ2) is 4.80. The molecule has 2 heterocycles. The van der Waals surface area contributed by atoms with Gasteiger partial charge in [0, 0.05) is 18.8 Å². The molecule has 6 nitrogen and oxygen atoms in total. The van der Waals surface area contributed by atoms with Crippen molar-refractivity contribution in [2.24, 2.45) is 0 Å². The lowest BCUT2D eigenvalue weighted by molar-refractivity contribution is 0.513. The molecular weight excluding hydrogens is 256 g/mol. The second-order valence-electron chi connectivity index (χ2n) is 4.48. The molecule has 0 aliphatic heterocycles. The SMILES string of the molecule is CNc1cc(C)nc(Cn2c(=O)oc3ccccc32)n1. The number of anilines is 1. The van der Waals surface area contributed by atoms with Crippen LogP contribution in [0.15, 0.2) is 39.5 Å². The summed E-state index contributed by atoms with van der Waals surface area (Å²) in [5, 5.41) is 2.98. The molecule has 3 aromatic rings. The Kier molecular flexibility index (Phi) is 2.98. The fourth-order valence-electron chi connectivity index (χ4n) is 2.13. The zero-order valence-corrected chi connectivity index (χ0v) is 11.3. The minimum absolute atomic E-state index is 0.284. The Morgan fingerprint density at radius 1 is 1.30 bits per heavy atom. The van der Waals surface area contributed by atoms with Crippen molar-refractivity contribution in [2.45, 2.75) is 13.5 Å². The number of fused-ring (bicyclic) bond motifs is 1. The lowest BCUT2D eigenvalue weighted by atomic mass is 10.3. The van der Waals surface area contributed by atoms with Crippen LogP contribution in [0.1, 0.15) is 11.5 Å². The first-order valence-electron chi connectivity index (χ1n) is 6.28. The van der Waals surface area contributed by atoms with Crippen LogP contribution in [0.3, 0.4) is 0 Å². The van der Waals surface area contributed by atoms with Crippen molar-refractivity contribution < 1.29 is 4.42 Å². The zero-order chi connectivity index (χ0) is 14.1. The highest BCUT2D eigenvalue weighted by Gasteiger charge is 2.11. The molecule has 0 bridgehead atoms. The fourth-order valence-corrected chi connectivity index (χ4v) is 2.13. The van der Waals surface area contributed by atoms with E-state index in [0.29, 0.717) is 11.4 Å². The summed E-state index contributed by atoms with van der Waals surface area (Å²) in [6.07, 6.45) is 0. The topological polar surface area (TPSA) is 73.0 Å². The van der Waals surface area contributed by atoms with Crippen LogP contribution in [0.25, 0.3) is 11.1 Å². The van der Waals surface area contributed by atoms with Gasteiger partial charge in [-0.1, -0.05) is 12.1 Å². The molecule has 0 spiro atoms. The summed E-state index contributed by atoms with van der Waals surface area (Å²) < 4.78 is 6.73.